The van der Waals surface area contributed by atoms with E-state index in [-0.39, 0.29) is 5.41 Å². The van der Waals surface area contributed by atoms with E-state index in [9.17, 15) is 0 Å². The van der Waals surface area contributed by atoms with Crippen molar-refractivity contribution < 1.29 is 0 Å². The Hall–Kier alpha value is -1.61. The third-order valence-corrected chi connectivity index (χ3v) is 4.84. The predicted molar refractivity (Wildman–Crippen MR) is 86.5 cm³/mol. The van der Waals surface area contributed by atoms with Crippen molar-refractivity contribution in [1.82, 2.24) is 14.9 Å². The Morgan fingerprint density at radius 2 is 1.95 bits per heavy atom. The van der Waals surface area contributed by atoms with Crippen molar-refractivity contribution in [1.29, 1.82) is 0 Å². The molecule has 1 saturated heterocycles. The highest BCUT2D eigenvalue weighted by atomic mass is 15.1. The van der Waals surface area contributed by atoms with E-state index < -0.39 is 0 Å². The lowest BCUT2D eigenvalue weighted by atomic mass is 9.78. The second-order valence-corrected chi connectivity index (χ2v) is 6.54. The molecule has 2 aromatic rings. The molecule has 1 aromatic heterocycles. The average molecular weight is 283 g/mol. The number of hydrogen-bond acceptors (Lipinski definition) is 2. The third kappa shape index (κ3) is 3.03. The summed E-state index contributed by atoms with van der Waals surface area (Å²) in [5.74, 6) is 0. The van der Waals surface area contributed by atoms with Crippen molar-refractivity contribution in [2.45, 2.75) is 44.6 Å². The predicted octanol–water partition coefficient (Wildman–Crippen LogP) is 3.33. The summed E-state index contributed by atoms with van der Waals surface area (Å²) in [6, 6.07) is 11.2. The van der Waals surface area contributed by atoms with Gasteiger partial charge in [0.15, 0.2) is 0 Å². The van der Waals surface area contributed by atoms with Gasteiger partial charge in [-0.2, -0.15) is 0 Å². The number of piperidine rings is 1. The highest BCUT2D eigenvalue weighted by Gasteiger charge is 2.32. The number of nitrogens with zero attached hydrogens (tertiary/aromatic N) is 2. The maximum Gasteiger partial charge on any atom is 0.0950 e. The topological polar surface area (TPSA) is 29.9 Å². The van der Waals surface area contributed by atoms with Gasteiger partial charge in [-0.15, -0.1) is 0 Å². The van der Waals surface area contributed by atoms with Gasteiger partial charge in [0.25, 0.3) is 0 Å². The fourth-order valence-corrected chi connectivity index (χ4v) is 3.41. The molecular formula is C18H25N3. The molecule has 1 aliphatic rings. The fourth-order valence-electron chi connectivity index (χ4n) is 3.41. The van der Waals surface area contributed by atoms with E-state index in [2.05, 4.69) is 65.2 Å². The van der Waals surface area contributed by atoms with Crippen LogP contribution in [0.2, 0.25) is 0 Å². The van der Waals surface area contributed by atoms with Crippen LogP contribution < -0.4 is 5.32 Å². The van der Waals surface area contributed by atoms with E-state index in [4.69, 9.17) is 0 Å². The second-order valence-electron chi connectivity index (χ2n) is 6.54. The normalized spacial score (nSPS) is 19.3. The Morgan fingerprint density at radius 3 is 2.67 bits per heavy atom. The van der Waals surface area contributed by atoms with Crippen molar-refractivity contribution in [2.24, 2.45) is 0 Å². The first-order valence-electron chi connectivity index (χ1n) is 7.96. The number of hydrogen-bond donors (Lipinski definition) is 1. The minimum Gasteiger partial charge on any atom is -0.331 e. The van der Waals surface area contributed by atoms with E-state index in [1.807, 2.05) is 6.33 Å². The maximum atomic E-state index is 4.45. The molecule has 0 spiro atoms. The first-order valence-corrected chi connectivity index (χ1v) is 7.96. The van der Waals surface area contributed by atoms with Crippen LogP contribution >= 0.6 is 0 Å². The lowest BCUT2D eigenvalue weighted by Gasteiger charge is -2.35. The van der Waals surface area contributed by atoms with Crippen LogP contribution in [0.4, 0.5) is 0 Å². The van der Waals surface area contributed by atoms with Gasteiger partial charge in [0, 0.05) is 23.3 Å². The molecular weight excluding hydrogens is 258 g/mol. The highest BCUT2D eigenvalue weighted by molar-refractivity contribution is 5.19. The first-order chi connectivity index (χ1) is 10.2. The van der Waals surface area contributed by atoms with Crippen LogP contribution in [-0.2, 0) is 11.8 Å². The third-order valence-electron chi connectivity index (χ3n) is 4.84. The molecule has 1 aromatic carbocycles. The Kier molecular flexibility index (Phi) is 4.11. The van der Waals surface area contributed by atoms with E-state index in [0.29, 0.717) is 6.04 Å². The number of benzene rings is 1. The molecule has 1 aliphatic heterocycles. The van der Waals surface area contributed by atoms with Gasteiger partial charge < -0.3 is 9.88 Å². The Morgan fingerprint density at radius 1 is 1.24 bits per heavy atom. The van der Waals surface area contributed by atoms with Crippen LogP contribution in [0.3, 0.4) is 0 Å². The van der Waals surface area contributed by atoms with Crippen LogP contribution in [0.25, 0.3) is 0 Å². The lowest BCUT2D eigenvalue weighted by molar-refractivity contribution is 0.309. The van der Waals surface area contributed by atoms with Crippen LogP contribution in [-0.4, -0.2) is 22.6 Å². The fraction of sp³-hybridized carbons (Fsp3) is 0.500. The smallest absolute Gasteiger partial charge is 0.0950 e. The number of imidazole rings is 1. The van der Waals surface area contributed by atoms with Crippen molar-refractivity contribution in [2.75, 3.05) is 13.1 Å². The summed E-state index contributed by atoms with van der Waals surface area (Å²) in [7, 11) is 0. The monoisotopic (exact) mass is 283 g/mol. The molecule has 1 fully saturated rings. The van der Waals surface area contributed by atoms with E-state index >= 15 is 0 Å². The summed E-state index contributed by atoms with van der Waals surface area (Å²) < 4.78 is 2.39. The molecule has 0 radical (unpaired) electrons. The summed E-state index contributed by atoms with van der Waals surface area (Å²) in [6.07, 6.45) is 7.52. The van der Waals surface area contributed by atoms with Crippen molar-refractivity contribution in [3.8, 4) is 0 Å². The summed E-state index contributed by atoms with van der Waals surface area (Å²) >= 11 is 0. The molecule has 1 atom stereocenters. The molecule has 112 valence electrons. The van der Waals surface area contributed by atoms with Crippen LogP contribution in [0.5, 0.6) is 0 Å². The van der Waals surface area contributed by atoms with Crippen molar-refractivity contribution >= 4 is 0 Å². The molecule has 0 bridgehead atoms. The molecule has 0 saturated carbocycles. The highest BCUT2D eigenvalue weighted by Crippen LogP contribution is 2.34. The average Bonchev–Trinajstić information content (AvgIpc) is 2.99. The van der Waals surface area contributed by atoms with Crippen molar-refractivity contribution in [3.63, 3.8) is 0 Å². The summed E-state index contributed by atoms with van der Waals surface area (Å²) in [6.45, 7) is 6.89. The molecule has 3 nitrogen and oxygen atoms in total. The van der Waals surface area contributed by atoms with Crippen molar-refractivity contribution in [3.05, 3.63) is 54.1 Å². The minimum atomic E-state index is 0.257. The van der Waals surface area contributed by atoms with Crippen LogP contribution in [0.15, 0.2) is 42.9 Å². The SMILES string of the molecule is CC(Cc1ccccc1)n1cncc1C1(C)CCNCC1. The van der Waals surface area contributed by atoms with Crippen LogP contribution in [0, 0.1) is 0 Å². The molecule has 1 N–H and O–H groups in total. The Balaban J connectivity index is 1.81. The molecule has 1 unspecified atom stereocenters. The van der Waals surface area contributed by atoms with Gasteiger partial charge in [0.2, 0.25) is 0 Å². The largest absolute Gasteiger partial charge is 0.331 e. The molecule has 2 heterocycles. The quantitative estimate of drug-likeness (QED) is 0.933. The van der Waals surface area contributed by atoms with Gasteiger partial charge in [0.1, 0.15) is 0 Å². The zero-order valence-corrected chi connectivity index (χ0v) is 13.0. The molecule has 3 heteroatoms. The Bertz CT molecular complexity index is 567. The number of nitrogens with one attached hydrogen (secondary N) is 1. The van der Waals surface area contributed by atoms with E-state index in [1.54, 1.807) is 0 Å². The zero-order valence-electron chi connectivity index (χ0n) is 13.0. The van der Waals surface area contributed by atoms with Gasteiger partial charge in [0.05, 0.1) is 6.33 Å². The molecule has 0 amide bonds. The van der Waals surface area contributed by atoms with Gasteiger partial charge in [-0.05, 0) is 44.8 Å². The first kappa shape index (κ1) is 14.3. The van der Waals surface area contributed by atoms with E-state index in [0.717, 1.165) is 19.5 Å². The molecule has 0 aliphatic carbocycles. The number of aromatic nitrogens is 2. The van der Waals surface area contributed by atoms with Gasteiger partial charge in [-0.3, -0.25) is 0 Å². The van der Waals surface area contributed by atoms with Gasteiger partial charge >= 0.3 is 0 Å². The van der Waals surface area contributed by atoms with Crippen LogP contribution in [0.1, 0.15) is 44.0 Å². The zero-order chi connectivity index (χ0) is 14.7. The standard InChI is InChI=1S/C18H25N3/c1-15(12-16-6-4-3-5-7-16)21-14-20-13-17(21)18(2)8-10-19-11-9-18/h3-7,13-15,19H,8-12H2,1-2H3. The minimum absolute atomic E-state index is 0.257. The number of rotatable bonds is 4. The van der Waals surface area contributed by atoms with Gasteiger partial charge in [-0.1, -0.05) is 37.3 Å². The summed E-state index contributed by atoms with van der Waals surface area (Å²) in [5, 5.41) is 3.46. The second kappa shape index (κ2) is 6.02. The lowest BCUT2D eigenvalue weighted by Crippen LogP contribution is -2.39. The molecule has 3 rings (SSSR count). The summed E-state index contributed by atoms with van der Waals surface area (Å²) in [4.78, 5) is 4.45. The van der Waals surface area contributed by atoms with E-state index in [1.165, 1.54) is 24.1 Å². The summed E-state index contributed by atoms with van der Waals surface area (Å²) in [5.41, 5.74) is 3.04. The maximum absolute atomic E-state index is 4.45. The Labute approximate surface area is 127 Å². The van der Waals surface area contributed by atoms with Gasteiger partial charge in [-0.25, -0.2) is 4.98 Å². The molecule has 21 heavy (non-hydrogen) atoms.